The van der Waals surface area contributed by atoms with Crippen molar-refractivity contribution in [1.82, 2.24) is 15.0 Å². The lowest BCUT2D eigenvalue weighted by Crippen LogP contribution is -2.31. The van der Waals surface area contributed by atoms with Crippen LogP contribution in [0.3, 0.4) is 0 Å². The Balaban J connectivity index is 1.65. The molecule has 0 aliphatic carbocycles. The van der Waals surface area contributed by atoms with Gasteiger partial charge in [-0.15, -0.1) is 0 Å². The normalized spacial score (nSPS) is 11.6. The molecule has 8 heteroatoms. The second kappa shape index (κ2) is 9.34. The van der Waals surface area contributed by atoms with E-state index in [-0.39, 0.29) is 11.4 Å². The lowest BCUT2D eigenvalue weighted by Gasteiger charge is -2.12. The molecule has 148 valence electrons. The fraction of sp³-hybridized carbons (Fsp3) is 0.250. The van der Waals surface area contributed by atoms with Gasteiger partial charge in [0.25, 0.3) is 0 Å². The number of rotatable bonds is 9. The molecular weight excluding hydrogens is 398 g/mol. The third-order valence-corrected chi connectivity index (χ3v) is 5.85. The first-order valence-electron chi connectivity index (χ1n) is 8.96. The molecule has 0 saturated carbocycles. The summed E-state index contributed by atoms with van der Waals surface area (Å²) < 4.78 is 33.7. The summed E-state index contributed by atoms with van der Waals surface area (Å²) in [6, 6.07) is 14.2. The molecule has 0 radical (unpaired) electrons. The SMILES string of the molecule is CCOc1ccc(S(=O)(=O)NCCNCc2cccc(Cl)c2)c2cccnc12. The lowest BCUT2D eigenvalue weighted by atomic mass is 10.2. The van der Waals surface area contributed by atoms with Gasteiger partial charge in [0.05, 0.1) is 11.5 Å². The van der Waals surface area contributed by atoms with Crippen LogP contribution in [0.15, 0.2) is 59.6 Å². The second-order valence-corrected chi connectivity index (χ2v) is 8.27. The number of halogens is 1. The highest BCUT2D eigenvalue weighted by Crippen LogP contribution is 2.29. The van der Waals surface area contributed by atoms with Crippen LogP contribution in [-0.4, -0.2) is 33.1 Å². The molecule has 0 bridgehead atoms. The van der Waals surface area contributed by atoms with Crippen molar-refractivity contribution in [3.8, 4) is 5.75 Å². The molecule has 2 aromatic carbocycles. The minimum absolute atomic E-state index is 0.189. The smallest absolute Gasteiger partial charge is 0.241 e. The summed E-state index contributed by atoms with van der Waals surface area (Å²) >= 11 is 5.96. The van der Waals surface area contributed by atoms with Crippen LogP contribution in [0.2, 0.25) is 5.02 Å². The topological polar surface area (TPSA) is 80.3 Å². The Morgan fingerprint density at radius 2 is 1.96 bits per heavy atom. The van der Waals surface area contributed by atoms with Crippen molar-refractivity contribution >= 4 is 32.5 Å². The molecule has 28 heavy (non-hydrogen) atoms. The van der Waals surface area contributed by atoms with Crippen molar-refractivity contribution in [3.63, 3.8) is 0 Å². The van der Waals surface area contributed by atoms with Crippen molar-refractivity contribution in [2.75, 3.05) is 19.7 Å². The van der Waals surface area contributed by atoms with Gasteiger partial charge < -0.3 is 10.1 Å². The highest BCUT2D eigenvalue weighted by molar-refractivity contribution is 7.89. The van der Waals surface area contributed by atoms with E-state index in [0.29, 0.717) is 41.4 Å². The summed E-state index contributed by atoms with van der Waals surface area (Å²) in [6.45, 7) is 3.71. The summed E-state index contributed by atoms with van der Waals surface area (Å²) in [5, 5.41) is 4.41. The first-order chi connectivity index (χ1) is 13.5. The van der Waals surface area contributed by atoms with Crippen molar-refractivity contribution < 1.29 is 13.2 Å². The van der Waals surface area contributed by atoms with Gasteiger partial charge in [-0.05, 0) is 48.9 Å². The largest absolute Gasteiger partial charge is 0.492 e. The first-order valence-corrected chi connectivity index (χ1v) is 10.8. The number of benzene rings is 2. The molecule has 6 nitrogen and oxygen atoms in total. The number of aromatic nitrogens is 1. The molecule has 0 fully saturated rings. The minimum Gasteiger partial charge on any atom is -0.492 e. The third-order valence-electron chi connectivity index (χ3n) is 4.09. The molecule has 3 rings (SSSR count). The molecule has 0 atom stereocenters. The molecule has 0 saturated heterocycles. The van der Waals surface area contributed by atoms with Crippen LogP contribution in [0.5, 0.6) is 5.75 Å². The van der Waals surface area contributed by atoms with E-state index >= 15 is 0 Å². The van der Waals surface area contributed by atoms with Gasteiger partial charge in [0.15, 0.2) is 0 Å². The summed E-state index contributed by atoms with van der Waals surface area (Å²) in [5.74, 6) is 0.570. The van der Waals surface area contributed by atoms with Crippen molar-refractivity contribution in [2.24, 2.45) is 0 Å². The number of fused-ring (bicyclic) bond motifs is 1. The fourth-order valence-corrected chi connectivity index (χ4v) is 4.30. The second-order valence-electron chi connectivity index (χ2n) is 6.10. The van der Waals surface area contributed by atoms with Gasteiger partial charge in [0.2, 0.25) is 10.0 Å². The van der Waals surface area contributed by atoms with E-state index in [4.69, 9.17) is 16.3 Å². The van der Waals surface area contributed by atoms with Crippen molar-refractivity contribution in [2.45, 2.75) is 18.4 Å². The predicted octanol–water partition coefficient (Wildman–Crippen LogP) is 3.36. The van der Waals surface area contributed by atoms with Crippen LogP contribution in [0, 0.1) is 0 Å². The molecule has 0 unspecified atom stereocenters. The minimum atomic E-state index is -3.68. The molecule has 0 amide bonds. The maximum Gasteiger partial charge on any atom is 0.241 e. The van der Waals surface area contributed by atoms with E-state index in [9.17, 15) is 8.42 Å². The number of sulfonamides is 1. The Morgan fingerprint density at radius 1 is 1.11 bits per heavy atom. The van der Waals surface area contributed by atoms with E-state index in [1.54, 1.807) is 30.5 Å². The number of hydrogen-bond acceptors (Lipinski definition) is 5. The Kier molecular flexibility index (Phi) is 6.85. The highest BCUT2D eigenvalue weighted by Gasteiger charge is 2.19. The Hall–Kier alpha value is -2.19. The zero-order valence-electron chi connectivity index (χ0n) is 15.5. The van der Waals surface area contributed by atoms with Gasteiger partial charge in [0, 0.05) is 36.2 Å². The van der Waals surface area contributed by atoms with E-state index in [0.717, 1.165) is 5.56 Å². The first kappa shape index (κ1) is 20.5. The fourth-order valence-electron chi connectivity index (χ4n) is 2.86. The average Bonchev–Trinajstić information content (AvgIpc) is 2.68. The number of hydrogen-bond donors (Lipinski definition) is 2. The Bertz CT molecular complexity index is 1060. The van der Waals surface area contributed by atoms with E-state index in [1.165, 1.54) is 0 Å². The van der Waals surface area contributed by atoms with Crippen LogP contribution in [0.25, 0.3) is 10.9 Å². The predicted molar refractivity (Wildman–Crippen MR) is 111 cm³/mol. The van der Waals surface area contributed by atoms with E-state index in [1.807, 2.05) is 31.2 Å². The molecule has 3 aromatic rings. The maximum atomic E-state index is 12.8. The lowest BCUT2D eigenvalue weighted by molar-refractivity contribution is 0.343. The van der Waals surface area contributed by atoms with Crippen molar-refractivity contribution in [1.29, 1.82) is 0 Å². The standard InChI is InChI=1S/C20H22ClN3O3S/c1-2-27-18-8-9-19(17-7-4-10-23-20(17)18)28(25,26)24-12-11-22-14-15-5-3-6-16(21)13-15/h3-10,13,22,24H,2,11-12,14H2,1H3. The molecule has 2 N–H and O–H groups in total. The van der Waals surface area contributed by atoms with Gasteiger partial charge >= 0.3 is 0 Å². The highest BCUT2D eigenvalue weighted by atomic mass is 35.5. The quantitative estimate of drug-likeness (QED) is 0.520. The Morgan fingerprint density at radius 3 is 2.75 bits per heavy atom. The van der Waals surface area contributed by atoms with Crippen LogP contribution in [0.1, 0.15) is 12.5 Å². The molecule has 0 aliphatic rings. The van der Waals surface area contributed by atoms with Crippen LogP contribution in [0.4, 0.5) is 0 Å². The summed E-state index contributed by atoms with van der Waals surface area (Å²) in [4.78, 5) is 4.47. The molecular formula is C20H22ClN3O3S. The summed E-state index contributed by atoms with van der Waals surface area (Å²) in [6.07, 6.45) is 1.62. The monoisotopic (exact) mass is 419 g/mol. The summed E-state index contributed by atoms with van der Waals surface area (Å²) in [7, 11) is -3.68. The molecule has 0 spiro atoms. The maximum absolute atomic E-state index is 12.8. The Labute approximate surface area is 169 Å². The van der Waals surface area contributed by atoms with Gasteiger partial charge in [-0.3, -0.25) is 4.98 Å². The van der Waals surface area contributed by atoms with Crippen LogP contribution < -0.4 is 14.8 Å². The molecule has 0 aliphatic heterocycles. The van der Waals surface area contributed by atoms with Gasteiger partial charge in [0.1, 0.15) is 11.3 Å². The van der Waals surface area contributed by atoms with Crippen molar-refractivity contribution in [3.05, 3.63) is 65.3 Å². The third kappa shape index (κ3) is 4.99. The number of ether oxygens (including phenoxy) is 1. The van der Waals surface area contributed by atoms with Crippen LogP contribution in [-0.2, 0) is 16.6 Å². The number of pyridine rings is 1. The van der Waals surface area contributed by atoms with Gasteiger partial charge in [-0.25, -0.2) is 13.1 Å². The zero-order chi connectivity index (χ0) is 20.0. The average molecular weight is 420 g/mol. The molecule has 1 aromatic heterocycles. The summed E-state index contributed by atoms with van der Waals surface area (Å²) in [5.41, 5.74) is 1.57. The van der Waals surface area contributed by atoms with Crippen LogP contribution >= 0.6 is 11.6 Å². The van der Waals surface area contributed by atoms with E-state index < -0.39 is 10.0 Å². The number of nitrogens with one attached hydrogen (secondary N) is 2. The number of nitrogens with zero attached hydrogens (tertiary/aromatic N) is 1. The zero-order valence-corrected chi connectivity index (χ0v) is 17.1. The van der Waals surface area contributed by atoms with Gasteiger partial charge in [-0.2, -0.15) is 0 Å². The van der Waals surface area contributed by atoms with E-state index in [2.05, 4.69) is 15.0 Å². The van der Waals surface area contributed by atoms with Gasteiger partial charge in [-0.1, -0.05) is 23.7 Å². The molecule has 1 heterocycles.